The Morgan fingerprint density at radius 3 is 2.16 bits per heavy atom. The minimum Gasteiger partial charge on any atom is -0.481 e. The number of aliphatic carboxylic acids is 1. The van der Waals surface area contributed by atoms with E-state index in [4.69, 9.17) is 22.1 Å². The highest BCUT2D eigenvalue weighted by molar-refractivity contribution is 6.28. The summed E-state index contributed by atoms with van der Waals surface area (Å²) >= 11 is 0. The minimum atomic E-state index is -1.43. The molecule has 0 aliphatic rings. The average molecular weight is 356 g/mol. The van der Waals surface area contributed by atoms with Crippen LogP contribution in [0.25, 0.3) is 5.53 Å². The molecule has 0 aliphatic carbocycles. The summed E-state index contributed by atoms with van der Waals surface area (Å²) in [6, 6.07) is -3.69. The van der Waals surface area contributed by atoms with Gasteiger partial charge in [0, 0.05) is 6.42 Å². The fraction of sp³-hybridized carbons (Fsp3) is 0.538. The molecule has 0 fully saturated rings. The van der Waals surface area contributed by atoms with Gasteiger partial charge in [0.05, 0.1) is 12.5 Å². The Hall–Kier alpha value is -3.11. The number of carbonyl (C=O) groups is 5. The van der Waals surface area contributed by atoms with Crippen LogP contribution >= 0.6 is 0 Å². The molecule has 0 aromatic rings. The van der Waals surface area contributed by atoms with Crippen molar-refractivity contribution < 1.29 is 33.9 Å². The Kier molecular flexibility index (Phi) is 9.30. The molecule has 7 N–H and O–H groups in total. The second kappa shape index (κ2) is 10.6. The molecule has 0 rings (SSSR count). The van der Waals surface area contributed by atoms with Crippen molar-refractivity contribution in [2.45, 2.75) is 44.3 Å². The first-order valence-electron chi connectivity index (χ1n) is 7.16. The molecule has 3 amide bonds. The van der Waals surface area contributed by atoms with Gasteiger partial charge in [-0.15, -0.1) is 0 Å². The Morgan fingerprint density at radius 2 is 1.72 bits per heavy atom. The molecule has 0 spiro atoms. The second-order valence-electron chi connectivity index (χ2n) is 5.16. The Balaban J connectivity index is 5.24. The molecule has 0 heterocycles. The third kappa shape index (κ3) is 8.93. The van der Waals surface area contributed by atoms with Crippen molar-refractivity contribution in [3.63, 3.8) is 0 Å². The molecule has 0 saturated carbocycles. The fourth-order valence-electron chi connectivity index (χ4n) is 1.68. The van der Waals surface area contributed by atoms with Gasteiger partial charge in [0.25, 0.3) is 5.78 Å². The highest BCUT2D eigenvalue weighted by Crippen LogP contribution is 2.02. The van der Waals surface area contributed by atoms with Crippen LogP contribution < -0.4 is 22.1 Å². The van der Waals surface area contributed by atoms with Gasteiger partial charge in [-0.05, 0) is 13.3 Å². The van der Waals surface area contributed by atoms with Crippen LogP contribution in [0.1, 0.15) is 26.2 Å². The number of ketones is 1. The second-order valence-corrected chi connectivity index (χ2v) is 5.16. The number of hydrogen-bond donors (Lipinski definition) is 5. The van der Waals surface area contributed by atoms with Crippen LogP contribution in [0.15, 0.2) is 0 Å². The van der Waals surface area contributed by atoms with Crippen LogP contribution in [0.3, 0.4) is 0 Å². The SMILES string of the molecule is C[C@H](N)C(=O)N[C@@H](CCC(=O)O)C(=O)N[C@@H](CC(N)=O)C(=O)C=[N+]=[N-]. The zero-order valence-corrected chi connectivity index (χ0v) is 13.5. The summed E-state index contributed by atoms with van der Waals surface area (Å²) in [7, 11) is 0. The highest BCUT2D eigenvalue weighted by Gasteiger charge is 2.29. The number of amides is 3. The Bertz CT molecular complexity index is 598. The van der Waals surface area contributed by atoms with Crippen molar-refractivity contribution in [3.8, 4) is 0 Å². The monoisotopic (exact) mass is 356 g/mol. The van der Waals surface area contributed by atoms with Gasteiger partial charge < -0.3 is 32.7 Å². The minimum absolute atomic E-state index is 0.273. The molecule has 0 saturated heterocycles. The van der Waals surface area contributed by atoms with E-state index in [1.54, 1.807) is 0 Å². The van der Waals surface area contributed by atoms with Gasteiger partial charge in [-0.2, -0.15) is 4.79 Å². The number of carbonyl (C=O) groups excluding carboxylic acids is 4. The van der Waals surface area contributed by atoms with Crippen LogP contribution in [0.5, 0.6) is 0 Å². The molecule has 0 unspecified atom stereocenters. The summed E-state index contributed by atoms with van der Waals surface area (Å²) in [5, 5.41) is 13.1. The maximum Gasteiger partial charge on any atom is 0.325 e. The van der Waals surface area contributed by atoms with Gasteiger partial charge in [-0.25, -0.2) is 0 Å². The summed E-state index contributed by atoms with van der Waals surface area (Å²) in [5.41, 5.74) is 18.7. The van der Waals surface area contributed by atoms with E-state index in [1.165, 1.54) is 6.92 Å². The lowest BCUT2D eigenvalue weighted by atomic mass is 10.1. The van der Waals surface area contributed by atoms with Crippen molar-refractivity contribution in [2.24, 2.45) is 11.5 Å². The first-order valence-corrected chi connectivity index (χ1v) is 7.16. The van der Waals surface area contributed by atoms with E-state index in [0.717, 1.165) is 0 Å². The van der Waals surface area contributed by atoms with Crippen LogP contribution in [0, 0.1) is 0 Å². The average Bonchev–Trinajstić information content (AvgIpc) is 2.49. The molecule has 138 valence electrons. The smallest absolute Gasteiger partial charge is 0.325 e. The summed E-state index contributed by atoms with van der Waals surface area (Å²) in [6.45, 7) is 1.36. The number of rotatable bonds is 11. The van der Waals surface area contributed by atoms with E-state index in [9.17, 15) is 24.0 Å². The predicted octanol–water partition coefficient (Wildman–Crippen LogP) is -3.09. The number of primary amides is 1. The number of carboxylic acids is 1. The molecule has 25 heavy (non-hydrogen) atoms. The topological polar surface area (TPSA) is 218 Å². The zero-order valence-electron chi connectivity index (χ0n) is 13.5. The molecule has 0 radical (unpaired) electrons. The molecule has 3 atom stereocenters. The summed E-state index contributed by atoms with van der Waals surface area (Å²) < 4.78 is 0. The Labute approximate surface area is 142 Å². The summed E-state index contributed by atoms with van der Waals surface area (Å²) in [4.78, 5) is 59.8. The molecule has 12 heteroatoms. The van der Waals surface area contributed by atoms with Crippen LogP contribution in [-0.4, -0.2) is 63.7 Å². The van der Waals surface area contributed by atoms with Gasteiger partial charge in [0.1, 0.15) is 12.1 Å². The van der Waals surface area contributed by atoms with E-state index >= 15 is 0 Å². The number of carboxylic acid groups (broad SMARTS) is 1. The van der Waals surface area contributed by atoms with Gasteiger partial charge in [0.2, 0.25) is 17.7 Å². The molecule has 0 aromatic carbocycles. The lowest BCUT2D eigenvalue weighted by Gasteiger charge is -2.21. The van der Waals surface area contributed by atoms with Crippen LogP contribution in [0.4, 0.5) is 0 Å². The van der Waals surface area contributed by atoms with E-state index < -0.39 is 60.4 Å². The summed E-state index contributed by atoms with van der Waals surface area (Å²) in [6.07, 6.45) is -0.820. The zero-order chi connectivity index (χ0) is 19.6. The molecular weight excluding hydrogens is 336 g/mol. The lowest BCUT2D eigenvalue weighted by Crippen LogP contribution is -2.54. The van der Waals surface area contributed by atoms with E-state index in [0.29, 0.717) is 6.21 Å². The lowest BCUT2D eigenvalue weighted by molar-refractivity contribution is -0.138. The normalized spacial score (nSPS) is 13.5. The molecule has 12 nitrogen and oxygen atoms in total. The molecule has 0 bridgehead atoms. The number of nitrogens with two attached hydrogens (primary N) is 2. The van der Waals surface area contributed by atoms with Gasteiger partial charge in [0.15, 0.2) is 0 Å². The molecular formula is C13H20N6O6. The third-order valence-electron chi connectivity index (χ3n) is 2.94. The van der Waals surface area contributed by atoms with Gasteiger partial charge in [-0.3, -0.25) is 24.0 Å². The van der Waals surface area contributed by atoms with E-state index in [2.05, 4.69) is 15.4 Å². The third-order valence-corrected chi connectivity index (χ3v) is 2.94. The predicted molar refractivity (Wildman–Crippen MR) is 82.9 cm³/mol. The van der Waals surface area contributed by atoms with E-state index in [1.807, 2.05) is 0 Å². The molecule has 0 aliphatic heterocycles. The maximum atomic E-state index is 12.2. The van der Waals surface area contributed by atoms with Crippen LogP contribution in [0.2, 0.25) is 0 Å². The quantitative estimate of drug-likeness (QED) is 0.146. The van der Waals surface area contributed by atoms with Gasteiger partial charge in [-0.1, -0.05) is 0 Å². The first kappa shape index (κ1) is 21.9. The fourth-order valence-corrected chi connectivity index (χ4v) is 1.68. The number of Topliss-reactive ketones (excluding diaryl/α,β-unsaturated/α-hetero) is 1. The van der Waals surface area contributed by atoms with Crippen molar-refractivity contribution in [3.05, 3.63) is 5.53 Å². The Morgan fingerprint density at radius 1 is 1.16 bits per heavy atom. The standard InChI is InChI=1S/C13H20N6O6/c1-6(14)12(24)18-7(2-3-11(22)23)13(25)19-8(4-10(15)21)9(20)5-17-16/h5-8H,2-4,14H2,1H3,(H2,15,21)(H,18,24)(H,19,25)(H,22,23)/t6-,7-,8-/m0/s1. The van der Waals surface area contributed by atoms with Crippen molar-refractivity contribution >= 4 is 35.7 Å². The maximum absolute atomic E-state index is 12.2. The van der Waals surface area contributed by atoms with Crippen molar-refractivity contribution in [1.29, 1.82) is 0 Å². The highest BCUT2D eigenvalue weighted by atomic mass is 16.4. The van der Waals surface area contributed by atoms with Gasteiger partial charge >= 0.3 is 12.2 Å². The number of nitrogens with zero attached hydrogens (tertiary/aromatic N) is 2. The first-order chi connectivity index (χ1) is 11.6. The summed E-state index contributed by atoms with van der Waals surface area (Å²) in [5.74, 6) is -4.65. The number of nitrogens with one attached hydrogen (secondary N) is 2. The number of hydrogen-bond acceptors (Lipinski definition) is 6. The van der Waals surface area contributed by atoms with E-state index in [-0.39, 0.29) is 6.42 Å². The molecule has 0 aromatic heterocycles. The van der Waals surface area contributed by atoms with Crippen molar-refractivity contribution in [1.82, 2.24) is 10.6 Å². The largest absolute Gasteiger partial charge is 0.481 e. The van der Waals surface area contributed by atoms with Crippen molar-refractivity contribution in [2.75, 3.05) is 0 Å². The van der Waals surface area contributed by atoms with Crippen LogP contribution in [-0.2, 0) is 24.0 Å².